The number of likely N-dealkylation sites (tertiary alicyclic amines) is 1. The van der Waals surface area contributed by atoms with Crippen LogP contribution in [-0.2, 0) is 11.2 Å². The summed E-state index contributed by atoms with van der Waals surface area (Å²) >= 11 is 5.02. The lowest BCUT2D eigenvalue weighted by atomic mass is 9.96. The molecular weight excluding hydrogens is 268 g/mol. The minimum atomic E-state index is 0.243. The van der Waals surface area contributed by atoms with Gasteiger partial charge in [-0.15, -0.1) is 0 Å². The van der Waals surface area contributed by atoms with Crippen molar-refractivity contribution in [2.45, 2.75) is 32.6 Å². The number of benzene rings is 1. The number of amides is 1. The highest BCUT2D eigenvalue weighted by Gasteiger charge is 2.23. The van der Waals surface area contributed by atoms with Gasteiger partial charge in [-0.25, -0.2) is 0 Å². The molecule has 0 atom stereocenters. The second-order valence-electron chi connectivity index (χ2n) is 5.55. The van der Waals surface area contributed by atoms with Crippen molar-refractivity contribution in [1.82, 2.24) is 4.90 Å². The normalized spacial score (nSPS) is 16.1. The molecule has 0 unspecified atom stereocenters. The van der Waals surface area contributed by atoms with E-state index in [2.05, 4.69) is 25.1 Å². The maximum atomic E-state index is 12.2. The Hall–Kier alpha value is -1.42. The van der Waals surface area contributed by atoms with Gasteiger partial charge in [0.25, 0.3) is 0 Å². The Bertz CT molecular complexity index is 493. The Morgan fingerprint density at radius 1 is 1.40 bits per heavy atom. The van der Waals surface area contributed by atoms with Gasteiger partial charge in [-0.3, -0.25) is 4.79 Å². The zero-order valence-electron chi connectivity index (χ0n) is 12.0. The van der Waals surface area contributed by atoms with Gasteiger partial charge in [0.1, 0.15) is 0 Å². The predicted molar refractivity (Wildman–Crippen MR) is 85.6 cm³/mol. The third-order valence-electron chi connectivity index (χ3n) is 3.96. The van der Waals surface area contributed by atoms with Gasteiger partial charge in [-0.2, -0.15) is 0 Å². The lowest BCUT2D eigenvalue weighted by molar-refractivity contribution is -0.132. The number of hydrogen-bond acceptors (Lipinski definition) is 2. The van der Waals surface area contributed by atoms with E-state index >= 15 is 0 Å². The van der Waals surface area contributed by atoms with Crippen LogP contribution in [0.2, 0.25) is 0 Å². The van der Waals surface area contributed by atoms with Crippen LogP contribution in [-0.4, -0.2) is 28.9 Å². The zero-order valence-corrected chi connectivity index (χ0v) is 12.8. The van der Waals surface area contributed by atoms with Crippen molar-refractivity contribution in [1.29, 1.82) is 0 Å². The first-order valence-electron chi connectivity index (χ1n) is 7.19. The molecule has 1 saturated heterocycles. The van der Waals surface area contributed by atoms with E-state index in [1.54, 1.807) is 0 Å². The van der Waals surface area contributed by atoms with Crippen LogP contribution in [0.5, 0.6) is 0 Å². The van der Waals surface area contributed by atoms with E-state index in [4.69, 9.17) is 18.0 Å². The van der Waals surface area contributed by atoms with Gasteiger partial charge in [0, 0.05) is 25.4 Å². The number of carbonyl (C=O) groups is 1. The lowest BCUT2D eigenvalue weighted by Crippen LogP contribution is -2.41. The summed E-state index contributed by atoms with van der Waals surface area (Å²) in [7, 11) is 0. The predicted octanol–water partition coefficient (Wildman–Crippen LogP) is 2.45. The molecule has 20 heavy (non-hydrogen) atoms. The molecule has 2 N–H and O–H groups in total. The van der Waals surface area contributed by atoms with E-state index in [1.807, 2.05) is 11.0 Å². The van der Waals surface area contributed by atoms with Gasteiger partial charge in [-0.1, -0.05) is 42.0 Å². The molecule has 0 aliphatic carbocycles. The molecule has 1 heterocycles. The topological polar surface area (TPSA) is 46.3 Å². The highest BCUT2D eigenvalue weighted by atomic mass is 32.1. The summed E-state index contributed by atoms with van der Waals surface area (Å²) in [4.78, 5) is 14.7. The van der Waals surface area contributed by atoms with Crippen molar-refractivity contribution in [2.24, 2.45) is 11.7 Å². The molecule has 108 valence electrons. The molecule has 1 aliphatic heterocycles. The Kier molecular flexibility index (Phi) is 5.12. The van der Waals surface area contributed by atoms with Crippen LogP contribution >= 0.6 is 12.2 Å². The molecule has 1 amide bonds. The van der Waals surface area contributed by atoms with Crippen LogP contribution < -0.4 is 5.73 Å². The van der Waals surface area contributed by atoms with E-state index in [0.29, 0.717) is 17.3 Å². The smallest absolute Gasteiger partial charge is 0.222 e. The number of nitrogens with zero attached hydrogens (tertiary/aromatic N) is 1. The van der Waals surface area contributed by atoms with E-state index in [9.17, 15) is 4.79 Å². The van der Waals surface area contributed by atoms with Gasteiger partial charge in [0.2, 0.25) is 5.91 Å². The van der Waals surface area contributed by atoms with Gasteiger partial charge in [-0.05, 0) is 31.7 Å². The molecule has 0 spiro atoms. The van der Waals surface area contributed by atoms with Crippen LogP contribution in [0.3, 0.4) is 0 Å². The first-order valence-corrected chi connectivity index (χ1v) is 7.59. The van der Waals surface area contributed by atoms with Crippen LogP contribution in [0.1, 0.15) is 30.4 Å². The van der Waals surface area contributed by atoms with Crippen molar-refractivity contribution in [3.05, 3.63) is 35.4 Å². The summed E-state index contributed by atoms with van der Waals surface area (Å²) < 4.78 is 0. The Labute approximate surface area is 126 Å². The first-order chi connectivity index (χ1) is 9.56. The molecule has 1 aliphatic rings. The summed E-state index contributed by atoms with van der Waals surface area (Å²) in [5.74, 6) is 0.554. The molecule has 0 radical (unpaired) electrons. The van der Waals surface area contributed by atoms with Crippen LogP contribution in [0, 0.1) is 12.8 Å². The lowest BCUT2D eigenvalue weighted by Gasteiger charge is -2.31. The number of hydrogen-bond donors (Lipinski definition) is 1. The zero-order chi connectivity index (χ0) is 14.5. The standard InChI is InChI=1S/C16H22N2OS/c1-12-3-2-4-13(11-12)5-6-15(19)18-9-7-14(8-10-18)16(17)20/h2-4,11,14H,5-10H2,1H3,(H2,17,20). The van der Waals surface area contributed by atoms with E-state index in [-0.39, 0.29) is 5.91 Å². The Morgan fingerprint density at radius 2 is 2.10 bits per heavy atom. The third-order valence-corrected chi connectivity index (χ3v) is 4.29. The van der Waals surface area contributed by atoms with Crippen LogP contribution in [0.15, 0.2) is 24.3 Å². The molecule has 4 heteroatoms. The summed E-state index contributed by atoms with van der Waals surface area (Å²) in [6, 6.07) is 8.35. The molecule has 0 bridgehead atoms. The van der Waals surface area contributed by atoms with E-state index in [1.165, 1.54) is 11.1 Å². The van der Waals surface area contributed by atoms with Crippen molar-refractivity contribution in [3.63, 3.8) is 0 Å². The number of piperidine rings is 1. The maximum Gasteiger partial charge on any atom is 0.222 e. The minimum absolute atomic E-state index is 0.243. The molecular formula is C16H22N2OS. The number of nitrogens with two attached hydrogens (primary N) is 1. The summed E-state index contributed by atoms with van der Waals surface area (Å²) in [6.45, 7) is 3.65. The van der Waals surface area contributed by atoms with Crippen molar-refractivity contribution < 1.29 is 4.79 Å². The summed E-state index contributed by atoms with van der Waals surface area (Å²) in [5.41, 5.74) is 8.14. The third kappa shape index (κ3) is 4.04. The van der Waals surface area contributed by atoms with Gasteiger partial charge in [0.15, 0.2) is 0 Å². The van der Waals surface area contributed by atoms with Crippen LogP contribution in [0.25, 0.3) is 0 Å². The number of aryl methyl sites for hydroxylation is 2. The van der Waals surface area contributed by atoms with Gasteiger partial charge in [0.05, 0.1) is 4.99 Å². The van der Waals surface area contributed by atoms with Crippen molar-refractivity contribution >= 4 is 23.1 Å². The fraction of sp³-hybridized carbons (Fsp3) is 0.500. The molecule has 1 aromatic carbocycles. The second-order valence-corrected chi connectivity index (χ2v) is 6.02. The second kappa shape index (κ2) is 6.84. The van der Waals surface area contributed by atoms with Gasteiger partial charge >= 0.3 is 0 Å². The fourth-order valence-electron chi connectivity index (χ4n) is 2.69. The average Bonchev–Trinajstić information content (AvgIpc) is 2.45. The number of carbonyl (C=O) groups excluding carboxylic acids is 1. The monoisotopic (exact) mass is 290 g/mol. The highest BCUT2D eigenvalue weighted by molar-refractivity contribution is 7.80. The largest absolute Gasteiger partial charge is 0.393 e. The molecule has 0 aromatic heterocycles. The maximum absolute atomic E-state index is 12.2. The van der Waals surface area contributed by atoms with Gasteiger partial charge < -0.3 is 10.6 Å². The van der Waals surface area contributed by atoms with E-state index in [0.717, 1.165) is 32.4 Å². The quantitative estimate of drug-likeness (QED) is 0.866. The Morgan fingerprint density at radius 3 is 2.70 bits per heavy atom. The highest BCUT2D eigenvalue weighted by Crippen LogP contribution is 2.18. The van der Waals surface area contributed by atoms with E-state index < -0.39 is 0 Å². The summed E-state index contributed by atoms with van der Waals surface area (Å²) in [6.07, 6.45) is 3.22. The molecule has 1 fully saturated rings. The van der Waals surface area contributed by atoms with Crippen LogP contribution in [0.4, 0.5) is 0 Å². The minimum Gasteiger partial charge on any atom is -0.393 e. The first kappa shape index (κ1) is 15.0. The Balaban J connectivity index is 1.80. The summed E-state index contributed by atoms with van der Waals surface area (Å²) in [5, 5.41) is 0. The van der Waals surface area contributed by atoms with Crippen molar-refractivity contribution in [2.75, 3.05) is 13.1 Å². The molecule has 1 aromatic rings. The fourth-order valence-corrected chi connectivity index (χ4v) is 2.93. The SMILES string of the molecule is Cc1cccc(CCC(=O)N2CCC(C(N)=S)CC2)c1. The molecule has 3 nitrogen and oxygen atoms in total. The number of rotatable bonds is 4. The number of thiocarbonyl (C=S) groups is 1. The molecule has 2 rings (SSSR count). The van der Waals surface area contributed by atoms with Crippen molar-refractivity contribution in [3.8, 4) is 0 Å². The average molecular weight is 290 g/mol. The molecule has 0 saturated carbocycles.